The Labute approximate surface area is 190 Å². The molecule has 0 amide bonds. The lowest BCUT2D eigenvalue weighted by atomic mass is 9.89. The van der Waals surface area contributed by atoms with Crippen LogP contribution < -0.4 is 10.2 Å². The van der Waals surface area contributed by atoms with E-state index in [1.165, 1.54) is 19.2 Å². The summed E-state index contributed by atoms with van der Waals surface area (Å²) in [6, 6.07) is 4.63. The summed E-state index contributed by atoms with van der Waals surface area (Å²) in [5.74, 6) is -3.17. The van der Waals surface area contributed by atoms with Crippen molar-refractivity contribution in [1.29, 1.82) is 0 Å². The lowest BCUT2D eigenvalue weighted by Crippen LogP contribution is -2.55. The number of ether oxygens (including phenoxy) is 2. The molecule has 4 rings (SSSR count). The SMILES string of the molecule is COc1cc2oc(-c3ccc(O)c(O)c3)c(O)c(=O)c2c(O)c1[C@@H]1O[C@@H](CO)[C@@H](O)[C@H](O)[C@@H]1O. The molecule has 182 valence electrons. The van der Waals surface area contributed by atoms with Gasteiger partial charge in [0.1, 0.15) is 53.0 Å². The molecule has 0 unspecified atom stereocenters. The highest BCUT2D eigenvalue weighted by Crippen LogP contribution is 2.46. The van der Waals surface area contributed by atoms with Crippen LogP contribution in [-0.4, -0.2) is 79.0 Å². The third-order valence-corrected chi connectivity index (χ3v) is 5.77. The molecule has 1 aliphatic rings. The molecule has 0 saturated carbocycles. The minimum atomic E-state index is -1.78. The van der Waals surface area contributed by atoms with Gasteiger partial charge in [0.2, 0.25) is 11.2 Å². The van der Waals surface area contributed by atoms with Gasteiger partial charge in [-0.1, -0.05) is 0 Å². The summed E-state index contributed by atoms with van der Waals surface area (Å²) >= 11 is 0. The molecule has 0 bridgehead atoms. The molecule has 2 aromatic carbocycles. The van der Waals surface area contributed by atoms with Gasteiger partial charge in [0, 0.05) is 11.6 Å². The number of hydrogen-bond donors (Lipinski definition) is 8. The van der Waals surface area contributed by atoms with E-state index in [1.807, 2.05) is 0 Å². The standard InChI is InChI=1S/C22H22O12/c1-32-10-5-11-13(16(27)14(10)22-20(31)18(29)15(26)12(6-23)34-22)17(28)19(30)21(33-11)7-2-3-8(24)9(25)4-7/h2-5,12,15,18,20,22-27,29-31H,6H2,1H3/t12-,15+,18-,20-,22-/m0/s1. The zero-order valence-corrected chi connectivity index (χ0v) is 17.6. The Morgan fingerprint density at radius 3 is 2.26 bits per heavy atom. The van der Waals surface area contributed by atoms with E-state index >= 15 is 0 Å². The van der Waals surface area contributed by atoms with Crippen molar-refractivity contribution < 1.29 is 54.7 Å². The van der Waals surface area contributed by atoms with Crippen molar-refractivity contribution in [2.75, 3.05) is 13.7 Å². The number of benzene rings is 2. The molecule has 8 N–H and O–H groups in total. The van der Waals surface area contributed by atoms with Gasteiger partial charge in [-0.3, -0.25) is 4.79 Å². The van der Waals surface area contributed by atoms with E-state index in [1.54, 1.807) is 0 Å². The topological polar surface area (TPSA) is 211 Å². The lowest BCUT2D eigenvalue weighted by Gasteiger charge is -2.40. The Hall–Kier alpha value is -3.55. The summed E-state index contributed by atoms with van der Waals surface area (Å²) in [6.07, 6.45) is -8.02. The van der Waals surface area contributed by atoms with Crippen LogP contribution in [0.4, 0.5) is 0 Å². The fourth-order valence-corrected chi connectivity index (χ4v) is 3.96. The Morgan fingerprint density at radius 1 is 0.941 bits per heavy atom. The van der Waals surface area contributed by atoms with Gasteiger partial charge >= 0.3 is 0 Å². The molecule has 5 atom stereocenters. The van der Waals surface area contributed by atoms with Crippen LogP contribution in [0, 0.1) is 0 Å². The fraction of sp³-hybridized carbons (Fsp3) is 0.318. The minimum Gasteiger partial charge on any atom is -0.506 e. The maximum atomic E-state index is 13.0. The molecule has 0 radical (unpaired) electrons. The summed E-state index contributed by atoms with van der Waals surface area (Å²) in [5.41, 5.74) is -1.56. The molecule has 0 aliphatic carbocycles. The maximum absolute atomic E-state index is 13.0. The van der Waals surface area contributed by atoms with Crippen LogP contribution >= 0.6 is 0 Å². The number of phenols is 3. The quantitative estimate of drug-likeness (QED) is 0.229. The van der Waals surface area contributed by atoms with Crippen molar-refractivity contribution in [3.8, 4) is 40.1 Å². The first-order chi connectivity index (χ1) is 16.1. The Bertz CT molecular complexity index is 1300. The third kappa shape index (κ3) is 3.57. The van der Waals surface area contributed by atoms with Gasteiger partial charge in [-0.15, -0.1) is 0 Å². The molecule has 1 fully saturated rings. The van der Waals surface area contributed by atoms with E-state index in [4.69, 9.17) is 13.9 Å². The van der Waals surface area contributed by atoms with Gasteiger partial charge in [0.05, 0.1) is 19.3 Å². The van der Waals surface area contributed by atoms with E-state index in [9.17, 15) is 45.6 Å². The van der Waals surface area contributed by atoms with Gasteiger partial charge < -0.3 is 54.7 Å². The van der Waals surface area contributed by atoms with Crippen LogP contribution in [0.5, 0.6) is 28.7 Å². The highest BCUT2D eigenvalue weighted by atomic mass is 16.5. The summed E-state index contributed by atoms with van der Waals surface area (Å²) in [7, 11) is 1.21. The molecule has 12 nitrogen and oxygen atoms in total. The highest BCUT2D eigenvalue weighted by Gasteiger charge is 2.46. The van der Waals surface area contributed by atoms with Crippen molar-refractivity contribution in [2.45, 2.75) is 30.5 Å². The summed E-state index contributed by atoms with van der Waals surface area (Å²) in [6.45, 7) is -0.718. The van der Waals surface area contributed by atoms with Gasteiger partial charge in [0.25, 0.3) is 0 Å². The normalized spacial score (nSPS) is 24.9. The van der Waals surface area contributed by atoms with E-state index in [-0.39, 0.29) is 28.2 Å². The van der Waals surface area contributed by atoms with E-state index in [2.05, 4.69) is 0 Å². The zero-order chi connectivity index (χ0) is 24.9. The first-order valence-corrected chi connectivity index (χ1v) is 10.0. The second-order valence-electron chi connectivity index (χ2n) is 7.78. The first kappa shape index (κ1) is 23.6. The monoisotopic (exact) mass is 478 g/mol. The molecule has 1 saturated heterocycles. The van der Waals surface area contributed by atoms with E-state index in [0.29, 0.717) is 0 Å². The Kier molecular flexibility index (Phi) is 6.02. The lowest BCUT2D eigenvalue weighted by molar-refractivity contribution is -0.232. The molecule has 3 aromatic rings. The molecule has 1 aromatic heterocycles. The average molecular weight is 478 g/mol. The fourth-order valence-electron chi connectivity index (χ4n) is 3.96. The number of aromatic hydroxyl groups is 4. The second kappa shape index (κ2) is 8.66. The third-order valence-electron chi connectivity index (χ3n) is 5.77. The summed E-state index contributed by atoms with van der Waals surface area (Å²) < 4.78 is 16.4. The van der Waals surface area contributed by atoms with Crippen molar-refractivity contribution in [3.63, 3.8) is 0 Å². The van der Waals surface area contributed by atoms with Crippen molar-refractivity contribution >= 4 is 11.0 Å². The van der Waals surface area contributed by atoms with Crippen LogP contribution in [0.15, 0.2) is 33.5 Å². The molecule has 1 aliphatic heterocycles. The largest absolute Gasteiger partial charge is 0.506 e. The molecular weight excluding hydrogens is 456 g/mol. The minimum absolute atomic E-state index is 0.0447. The number of fused-ring (bicyclic) bond motifs is 1. The van der Waals surface area contributed by atoms with Crippen molar-refractivity contribution in [3.05, 3.63) is 40.1 Å². The summed E-state index contributed by atoms with van der Waals surface area (Å²) in [5, 5.41) is 80.3. The maximum Gasteiger partial charge on any atom is 0.238 e. The molecule has 12 heteroatoms. The number of rotatable bonds is 4. The predicted octanol–water partition coefficient (Wildman–Crippen LogP) is -0.194. The Balaban J connectivity index is 1.94. The van der Waals surface area contributed by atoms with Gasteiger partial charge in [-0.2, -0.15) is 0 Å². The zero-order valence-electron chi connectivity index (χ0n) is 17.6. The molecule has 0 spiro atoms. The smallest absolute Gasteiger partial charge is 0.238 e. The van der Waals surface area contributed by atoms with E-state index in [0.717, 1.165) is 12.1 Å². The first-order valence-electron chi connectivity index (χ1n) is 10.0. The van der Waals surface area contributed by atoms with Crippen molar-refractivity contribution in [1.82, 2.24) is 0 Å². The Morgan fingerprint density at radius 2 is 1.65 bits per heavy atom. The number of aliphatic hydroxyl groups excluding tert-OH is 4. The van der Waals surface area contributed by atoms with Crippen LogP contribution in [0.3, 0.4) is 0 Å². The number of phenolic OH excluding ortho intramolecular Hbond substituents is 3. The van der Waals surface area contributed by atoms with Gasteiger partial charge in [-0.25, -0.2) is 0 Å². The summed E-state index contributed by atoms with van der Waals surface area (Å²) in [4.78, 5) is 13.0. The predicted molar refractivity (Wildman–Crippen MR) is 114 cm³/mol. The van der Waals surface area contributed by atoms with Gasteiger partial charge in [0.15, 0.2) is 17.3 Å². The average Bonchev–Trinajstić information content (AvgIpc) is 2.82. The van der Waals surface area contributed by atoms with Crippen LogP contribution in [0.2, 0.25) is 0 Å². The van der Waals surface area contributed by atoms with Crippen molar-refractivity contribution in [2.24, 2.45) is 0 Å². The number of methoxy groups -OCH3 is 1. The highest BCUT2D eigenvalue weighted by molar-refractivity contribution is 5.90. The second-order valence-corrected chi connectivity index (χ2v) is 7.78. The molecule has 34 heavy (non-hydrogen) atoms. The van der Waals surface area contributed by atoms with Crippen LogP contribution in [0.1, 0.15) is 11.7 Å². The number of hydrogen-bond acceptors (Lipinski definition) is 12. The molecule has 2 heterocycles. The van der Waals surface area contributed by atoms with Crippen LogP contribution in [0.25, 0.3) is 22.3 Å². The van der Waals surface area contributed by atoms with Gasteiger partial charge in [-0.05, 0) is 18.2 Å². The van der Waals surface area contributed by atoms with E-state index < -0.39 is 70.9 Å². The molecular formula is C22H22O12. The van der Waals surface area contributed by atoms with Crippen LogP contribution in [-0.2, 0) is 4.74 Å². The number of aliphatic hydroxyl groups is 4.